The fraction of sp³-hybridized carbons (Fsp3) is 0.600. The van der Waals surface area contributed by atoms with E-state index >= 15 is 0 Å². The van der Waals surface area contributed by atoms with Crippen LogP contribution in [0.25, 0.3) is 0 Å². The van der Waals surface area contributed by atoms with Gasteiger partial charge in [0, 0.05) is 17.6 Å². The summed E-state index contributed by atoms with van der Waals surface area (Å²) in [4.78, 5) is 0. The van der Waals surface area contributed by atoms with Gasteiger partial charge in [0.2, 0.25) is 0 Å². The predicted molar refractivity (Wildman–Crippen MR) is 82.3 cm³/mol. The number of hydrogen-bond acceptors (Lipinski definition) is 4. The van der Waals surface area contributed by atoms with E-state index in [1.54, 1.807) is 0 Å². The molecule has 1 fully saturated rings. The van der Waals surface area contributed by atoms with Gasteiger partial charge in [-0.2, -0.15) is 0 Å². The molecule has 1 atom stereocenters. The van der Waals surface area contributed by atoms with Crippen LogP contribution in [0.4, 0.5) is 0 Å². The Hall–Kier alpha value is -0.620. The lowest BCUT2D eigenvalue weighted by atomic mass is 10.1. The maximum atomic E-state index is 5.92. The first kappa shape index (κ1) is 15.8. The highest BCUT2D eigenvalue weighted by molar-refractivity contribution is 9.10. The van der Waals surface area contributed by atoms with Crippen LogP contribution in [0.15, 0.2) is 28.7 Å². The Morgan fingerprint density at radius 1 is 1.30 bits per heavy atom. The number of morpholine rings is 1. The smallest absolute Gasteiger partial charge is 0.119 e. The molecule has 0 amide bonds. The summed E-state index contributed by atoms with van der Waals surface area (Å²) >= 11 is 3.39. The average molecular weight is 344 g/mol. The van der Waals surface area contributed by atoms with E-state index in [0.717, 1.165) is 23.3 Å². The highest BCUT2D eigenvalue weighted by Crippen LogP contribution is 2.16. The van der Waals surface area contributed by atoms with Crippen LogP contribution in [-0.4, -0.2) is 44.6 Å². The van der Waals surface area contributed by atoms with Gasteiger partial charge < -0.3 is 19.5 Å². The van der Waals surface area contributed by atoms with Gasteiger partial charge in [-0.3, -0.25) is 0 Å². The molecule has 1 aromatic carbocycles. The normalized spacial score (nSPS) is 21.6. The number of halogens is 1. The molecule has 1 N–H and O–H groups in total. The van der Waals surface area contributed by atoms with Crippen molar-refractivity contribution in [2.24, 2.45) is 0 Å². The fourth-order valence-electron chi connectivity index (χ4n) is 2.13. The molecular formula is C15H22BrNO3. The molecule has 0 saturated carbocycles. The summed E-state index contributed by atoms with van der Waals surface area (Å²) in [5, 5.41) is 3.36. The molecule has 1 heterocycles. The Balaban J connectivity index is 1.58. The number of nitrogens with one attached hydrogen (secondary N) is 1. The summed E-state index contributed by atoms with van der Waals surface area (Å²) in [7, 11) is 0. The molecule has 0 spiro atoms. The molecule has 1 unspecified atom stereocenters. The average Bonchev–Trinajstić information content (AvgIpc) is 2.39. The summed E-state index contributed by atoms with van der Waals surface area (Å²) in [5.74, 6) is 0.855. The van der Waals surface area contributed by atoms with Crippen molar-refractivity contribution in [1.29, 1.82) is 0 Å². The monoisotopic (exact) mass is 343 g/mol. The van der Waals surface area contributed by atoms with E-state index in [-0.39, 0.29) is 11.7 Å². The van der Waals surface area contributed by atoms with Gasteiger partial charge in [-0.15, -0.1) is 0 Å². The van der Waals surface area contributed by atoms with E-state index in [4.69, 9.17) is 14.2 Å². The standard InChI is InChI=1S/C15H22BrNO3/c1-15(2)11-17-9-14(20-15)10-18-7-8-19-13-5-3-12(16)4-6-13/h3-6,14,17H,7-11H2,1-2H3. The van der Waals surface area contributed by atoms with Crippen molar-refractivity contribution in [3.8, 4) is 5.75 Å². The highest BCUT2D eigenvalue weighted by atomic mass is 79.9. The van der Waals surface area contributed by atoms with Crippen molar-refractivity contribution in [2.45, 2.75) is 25.6 Å². The predicted octanol–water partition coefficient (Wildman–Crippen LogP) is 2.61. The second-order valence-corrected chi connectivity index (χ2v) is 6.42. The minimum atomic E-state index is -0.111. The lowest BCUT2D eigenvalue weighted by Crippen LogP contribution is -2.51. The molecule has 1 aromatic rings. The SMILES string of the molecule is CC1(C)CNCC(COCCOc2ccc(Br)cc2)O1. The number of hydrogen-bond donors (Lipinski definition) is 1. The Labute approximate surface area is 128 Å². The van der Waals surface area contributed by atoms with Crippen LogP contribution < -0.4 is 10.1 Å². The third-order valence-corrected chi connectivity index (χ3v) is 3.55. The van der Waals surface area contributed by atoms with Crippen LogP contribution in [0.2, 0.25) is 0 Å². The van der Waals surface area contributed by atoms with Crippen molar-refractivity contribution >= 4 is 15.9 Å². The third kappa shape index (κ3) is 5.40. The molecule has 112 valence electrons. The highest BCUT2D eigenvalue weighted by Gasteiger charge is 2.28. The zero-order chi connectivity index (χ0) is 14.4. The molecule has 1 saturated heterocycles. The molecule has 20 heavy (non-hydrogen) atoms. The second-order valence-electron chi connectivity index (χ2n) is 5.51. The summed E-state index contributed by atoms with van der Waals surface area (Å²) in [6.07, 6.45) is 0.117. The summed E-state index contributed by atoms with van der Waals surface area (Å²) in [5.41, 5.74) is -0.111. The Kier molecular flexibility index (Phi) is 5.84. The van der Waals surface area contributed by atoms with E-state index in [1.165, 1.54) is 0 Å². The van der Waals surface area contributed by atoms with E-state index in [0.29, 0.717) is 19.8 Å². The van der Waals surface area contributed by atoms with Crippen LogP contribution >= 0.6 is 15.9 Å². The molecule has 5 heteroatoms. The zero-order valence-corrected chi connectivity index (χ0v) is 13.6. The summed E-state index contributed by atoms with van der Waals surface area (Å²) < 4.78 is 18.2. The van der Waals surface area contributed by atoms with Crippen LogP contribution in [0.5, 0.6) is 5.75 Å². The van der Waals surface area contributed by atoms with Crippen LogP contribution in [0, 0.1) is 0 Å². The first-order chi connectivity index (χ1) is 9.55. The molecule has 0 aromatic heterocycles. The minimum absolute atomic E-state index is 0.111. The van der Waals surface area contributed by atoms with Gasteiger partial charge in [-0.1, -0.05) is 15.9 Å². The van der Waals surface area contributed by atoms with E-state index < -0.39 is 0 Å². The fourth-order valence-corrected chi connectivity index (χ4v) is 2.39. The zero-order valence-electron chi connectivity index (χ0n) is 12.0. The molecule has 0 bridgehead atoms. The Morgan fingerprint density at radius 3 is 2.75 bits per heavy atom. The largest absolute Gasteiger partial charge is 0.491 e. The van der Waals surface area contributed by atoms with Crippen LogP contribution in [0.1, 0.15) is 13.8 Å². The van der Waals surface area contributed by atoms with E-state index in [9.17, 15) is 0 Å². The van der Waals surface area contributed by atoms with Crippen molar-refractivity contribution in [3.05, 3.63) is 28.7 Å². The lowest BCUT2D eigenvalue weighted by molar-refractivity contribution is -0.121. The van der Waals surface area contributed by atoms with Crippen molar-refractivity contribution in [1.82, 2.24) is 5.32 Å². The van der Waals surface area contributed by atoms with E-state index in [1.807, 2.05) is 24.3 Å². The minimum Gasteiger partial charge on any atom is -0.491 e. The quantitative estimate of drug-likeness (QED) is 0.806. The van der Waals surface area contributed by atoms with Gasteiger partial charge in [0.1, 0.15) is 12.4 Å². The maximum Gasteiger partial charge on any atom is 0.119 e. The Bertz CT molecular complexity index is 408. The Morgan fingerprint density at radius 2 is 2.05 bits per heavy atom. The molecule has 0 aliphatic carbocycles. The second kappa shape index (κ2) is 7.41. The molecule has 4 nitrogen and oxygen atoms in total. The third-order valence-electron chi connectivity index (χ3n) is 3.02. The molecule has 1 aliphatic rings. The number of benzene rings is 1. The van der Waals surface area contributed by atoms with Gasteiger partial charge in [0.25, 0.3) is 0 Å². The first-order valence-corrected chi connectivity index (χ1v) is 7.69. The summed E-state index contributed by atoms with van der Waals surface area (Å²) in [6.45, 7) is 7.61. The lowest BCUT2D eigenvalue weighted by Gasteiger charge is -2.36. The van der Waals surface area contributed by atoms with Gasteiger partial charge in [0.05, 0.1) is 24.9 Å². The van der Waals surface area contributed by atoms with Gasteiger partial charge in [0.15, 0.2) is 0 Å². The van der Waals surface area contributed by atoms with Crippen molar-refractivity contribution in [3.63, 3.8) is 0 Å². The van der Waals surface area contributed by atoms with Gasteiger partial charge >= 0.3 is 0 Å². The summed E-state index contributed by atoms with van der Waals surface area (Å²) in [6, 6.07) is 7.78. The first-order valence-electron chi connectivity index (χ1n) is 6.90. The molecular weight excluding hydrogens is 322 g/mol. The van der Waals surface area contributed by atoms with E-state index in [2.05, 4.69) is 35.1 Å². The molecule has 1 aliphatic heterocycles. The van der Waals surface area contributed by atoms with Gasteiger partial charge in [-0.05, 0) is 38.1 Å². The van der Waals surface area contributed by atoms with Crippen molar-refractivity contribution < 1.29 is 14.2 Å². The number of ether oxygens (including phenoxy) is 3. The van der Waals surface area contributed by atoms with Crippen LogP contribution in [0.3, 0.4) is 0 Å². The maximum absolute atomic E-state index is 5.92. The van der Waals surface area contributed by atoms with Gasteiger partial charge in [-0.25, -0.2) is 0 Å². The molecule has 2 rings (SSSR count). The van der Waals surface area contributed by atoms with Crippen LogP contribution in [-0.2, 0) is 9.47 Å². The topological polar surface area (TPSA) is 39.7 Å². The molecule has 0 radical (unpaired) electrons. The number of rotatable bonds is 6. The van der Waals surface area contributed by atoms with Crippen molar-refractivity contribution in [2.75, 3.05) is 32.9 Å².